The third-order valence-electron chi connectivity index (χ3n) is 4.00. The van der Waals surface area contributed by atoms with Crippen LogP contribution < -0.4 is 5.32 Å². The zero-order valence-electron chi connectivity index (χ0n) is 14.0. The van der Waals surface area contributed by atoms with Crippen molar-refractivity contribution < 1.29 is 4.79 Å². The normalized spacial score (nSPS) is 12.4. The van der Waals surface area contributed by atoms with Crippen molar-refractivity contribution in [3.63, 3.8) is 0 Å². The fourth-order valence-corrected chi connectivity index (χ4v) is 2.54. The number of rotatable bonds is 6. The first-order valence-electron chi connectivity index (χ1n) is 7.68. The molecule has 1 atom stereocenters. The number of carbonyl (C=O) groups is 1. The summed E-state index contributed by atoms with van der Waals surface area (Å²) in [7, 11) is 0. The molecule has 0 aromatic carbocycles. The second kappa shape index (κ2) is 6.77. The van der Waals surface area contributed by atoms with Crippen molar-refractivity contribution in [2.75, 3.05) is 6.54 Å². The molecule has 6 heteroatoms. The van der Waals surface area contributed by atoms with Gasteiger partial charge in [-0.3, -0.25) is 14.6 Å². The maximum absolute atomic E-state index is 12.0. The molecule has 0 bridgehead atoms. The lowest BCUT2D eigenvalue weighted by molar-refractivity contribution is -0.121. The van der Waals surface area contributed by atoms with Crippen molar-refractivity contribution in [1.82, 2.24) is 25.3 Å². The highest BCUT2D eigenvalue weighted by molar-refractivity contribution is 5.76. The van der Waals surface area contributed by atoms with Crippen molar-refractivity contribution in [2.45, 2.75) is 53.5 Å². The van der Waals surface area contributed by atoms with Gasteiger partial charge in [0.05, 0.1) is 17.4 Å². The Morgan fingerprint density at radius 1 is 1.36 bits per heavy atom. The van der Waals surface area contributed by atoms with Crippen LogP contribution in [0.15, 0.2) is 6.07 Å². The average Bonchev–Trinajstić information content (AvgIpc) is 2.97. The third kappa shape index (κ3) is 3.75. The zero-order chi connectivity index (χ0) is 16.3. The Balaban J connectivity index is 1.80. The molecule has 0 aliphatic rings. The Kier molecular flexibility index (Phi) is 5.00. The van der Waals surface area contributed by atoms with E-state index < -0.39 is 0 Å². The van der Waals surface area contributed by atoms with Crippen molar-refractivity contribution in [2.24, 2.45) is 0 Å². The van der Waals surface area contributed by atoms with Gasteiger partial charge >= 0.3 is 0 Å². The van der Waals surface area contributed by atoms with E-state index >= 15 is 0 Å². The van der Waals surface area contributed by atoms with Gasteiger partial charge in [0.2, 0.25) is 5.91 Å². The summed E-state index contributed by atoms with van der Waals surface area (Å²) in [5.41, 5.74) is 5.29. The Morgan fingerprint density at radius 3 is 2.64 bits per heavy atom. The summed E-state index contributed by atoms with van der Waals surface area (Å²) < 4.78 is 1.96. The number of H-pyrrole nitrogens is 1. The molecule has 0 aliphatic carbocycles. The summed E-state index contributed by atoms with van der Waals surface area (Å²) in [4.78, 5) is 12.0. The van der Waals surface area contributed by atoms with E-state index in [1.54, 1.807) is 0 Å². The molecule has 2 rings (SSSR count). The smallest absolute Gasteiger partial charge is 0.220 e. The lowest BCUT2D eigenvalue weighted by Crippen LogP contribution is -2.30. The standard InChI is InChI=1S/C16H25N5O/c1-10-8-11(2)21(20-10)12(3)9-17-16(22)7-6-15-13(4)14(5)18-19-15/h8,12H,6-7,9H2,1-5H3,(H,17,22)(H,18,19). The molecule has 0 radical (unpaired) electrons. The van der Waals surface area contributed by atoms with Gasteiger partial charge in [-0.15, -0.1) is 0 Å². The lowest BCUT2D eigenvalue weighted by atomic mass is 10.1. The van der Waals surface area contributed by atoms with E-state index in [2.05, 4.69) is 27.5 Å². The van der Waals surface area contributed by atoms with Crippen LogP contribution >= 0.6 is 0 Å². The molecule has 1 unspecified atom stereocenters. The molecule has 2 aromatic rings. The first kappa shape index (κ1) is 16.3. The number of carbonyl (C=O) groups excluding carboxylic acids is 1. The van der Waals surface area contributed by atoms with E-state index in [1.165, 1.54) is 0 Å². The van der Waals surface area contributed by atoms with Gasteiger partial charge in [-0.2, -0.15) is 10.2 Å². The third-order valence-corrected chi connectivity index (χ3v) is 4.00. The SMILES string of the molecule is Cc1cc(C)n(C(C)CNC(=O)CCc2n[nH]c(C)c2C)n1. The molecule has 0 spiro atoms. The van der Waals surface area contributed by atoms with Crippen LogP contribution in [-0.4, -0.2) is 32.4 Å². The molecule has 0 saturated carbocycles. The predicted octanol–water partition coefficient (Wildman–Crippen LogP) is 2.15. The molecule has 2 heterocycles. The minimum Gasteiger partial charge on any atom is -0.354 e. The van der Waals surface area contributed by atoms with Gasteiger partial charge in [0.25, 0.3) is 0 Å². The minimum atomic E-state index is 0.0495. The molecule has 0 aliphatic heterocycles. The lowest BCUT2D eigenvalue weighted by Gasteiger charge is -2.15. The number of amides is 1. The number of hydrogen-bond donors (Lipinski definition) is 2. The predicted molar refractivity (Wildman–Crippen MR) is 85.8 cm³/mol. The van der Waals surface area contributed by atoms with Gasteiger partial charge in [0.15, 0.2) is 0 Å². The Morgan fingerprint density at radius 2 is 2.09 bits per heavy atom. The Hall–Kier alpha value is -2.11. The first-order chi connectivity index (χ1) is 10.4. The van der Waals surface area contributed by atoms with Crippen molar-refractivity contribution in [1.29, 1.82) is 0 Å². The molecule has 6 nitrogen and oxygen atoms in total. The summed E-state index contributed by atoms with van der Waals surface area (Å²) in [5, 5.41) is 14.6. The molecular weight excluding hydrogens is 278 g/mol. The van der Waals surface area contributed by atoms with Crippen LogP contribution in [0.25, 0.3) is 0 Å². The molecule has 1 amide bonds. The molecule has 0 fully saturated rings. The van der Waals surface area contributed by atoms with Crippen LogP contribution in [0.1, 0.15) is 47.7 Å². The maximum atomic E-state index is 12.0. The highest BCUT2D eigenvalue weighted by Crippen LogP contribution is 2.11. The van der Waals surface area contributed by atoms with Gasteiger partial charge in [0.1, 0.15) is 0 Å². The van der Waals surface area contributed by atoms with Crippen molar-refractivity contribution in [3.8, 4) is 0 Å². The van der Waals surface area contributed by atoms with Gasteiger partial charge in [-0.1, -0.05) is 0 Å². The highest BCUT2D eigenvalue weighted by atomic mass is 16.1. The number of nitrogens with one attached hydrogen (secondary N) is 2. The van der Waals surface area contributed by atoms with E-state index in [1.807, 2.05) is 38.4 Å². The van der Waals surface area contributed by atoms with Crippen LogP contribution in [0.4, 0.5) is 0 Å². The van der Waals surface area contributed by atoms with Crippen molar-refractivity contribution >= 4 is 5.91 Å². The largest absolute Gasteiger partial charge is 0.354 e. The molecule has 120 valence electrons. The Bertz CT molecular complexity index is 656. The fraction of sp³-hybridized carbons (Fsp3) is 0.562. The summed E-state index contributed by atoms with van der Waals surface area (Å²) in [5.74, 6) is 0.0495. The number of aryl methyl sites for hydroxylation is 4. The minimum absolute atomic E-state index is 0.0495. The zero-order valence-corrected chi connectivity index (χ0v) is 14.0. The quantitative estimate of drug-likeness (QED) is 0.858. The van der Waals surface area contributed by atoms with E-state index in [4.69, 9.17) is 0 Å². The van der Waals surface area contributed by atoms with Crippen LogP contribution in [0.5, 0.6) is 0 Å². The van der Waals surface area contributed by atoms with Crippen LogP contribution in [0.3, 0.4) is 0 Å². The second-order valence-corrected chi connectivity index (χ2v) is 5.95. The molecular formula is C16H25N5O. The maximum Gasteiger partial charge on any atom is 0.220 e. The van der Waals surface area contributed by atoms with Gasteiger partial charge < -0.3 is 5.32 Å². The molecule has 2 aromatic heterocycles. The van der Waals surface area contributed by atoms with Gasteiger partial charge in [0, 0.05) is 30.8 Å². The summed E-state index contributed by atoms with van der Waals surface area (Å²) in [6.45, 7) is 10.7. The van der Waals surface area contributed by atoms with Crippen LogP contribution in [0, 0.1) is 27.7 Å². The fourth-order valence-electron chi connectivity index (χ4n) is 2.54. The number of hydrogen-bond acceptors (Lipinski definition) is 3. The van der Waals surface area contributed by atoms with Crippen LogP contribution in [0.2, 0.25) is 0 Å². The second-order valence-electron chi connectivity index (χ2n) is 5.95. The highest BCUT2D eigenvalue weighted by Gasteiger charge is 2.12. The number of aromatic amines is 1. The van der Waals surface area contributed by atoms with E-state index in [-0.39, 0.29) is 11.9 Å². The summed E-state index contributed by atoms with van der Waals surface area (Å²) >= 11 is 0. The number of nitrogens with zero attached hydrogens (tertiary/aromatic N) is 3. The first-order valence-corrected chi connectivity index (χ1v) is 7.68. The molecule has 22 heavy (non-hydrogen) atoms. The summed E-state index contributed by atoms with van der Waals surface area (Å²) in [6.07, 6.45) is 1.12. The molecule has 0 saturated heterocycles. The van der Waals surface area contributed by atoms with E-state index in [0.717, 1.165) is 28.3 Å². The number of aromatic nitrogens is 4. The van der Waals surface area contributed by atoms with Gasteiger partial charge in [-0.25, -0.2) is 0 Å². The topological polar surface area (TPSA) is 75.6 Å². The monoisotopic (exact) mass is 303 g/mol. The Labute approximate surface area is 131 Å². The van der Waals surface area contributed by atoms with Crippen molar-refractivity contribution in [3.05, 3.63) is 34.4 Å². The van der Waals surface area contributed by atoms with E-state index in [0.29, 0.717) is 19.4 Å². The van der Waals surface area contributed by atoms with Gasteiger partial charge in [-0.05, 0) is 46.2 Å². The molecule has 2 N–H and O–H groups in total. The average molecular weight is 303 g/mol. The summed E-state index contributed by atoms with van der Waals surface area (Å²) in [6, 6.07) is 2.19. The van der Waals surface area contributed by atoms with Crippen LogP contribution in [-0.2, 0) is 11.2 Å². The van der Waals surface area contributed by atoms with E-state index in [9.17, 15) is 4.79 Å².